The second-order valence-electron chi connectivity index (χ2n) is 7.63. The molecule has 4 rings (SSSR count). The molecule has 2 heterocycles. The molecule has 0 atom stereocenters. The number of hydrogen-bond acceptors (Lipinski definition) is 8. The minimum atomic E-state index is -3.76. The third-order valence-electron chi connectivity index (χ3n) is 5.71. The van der Waals surface area contributed by atoms with Crippen LogP contribution in [0.2, 0.25) is 10.0 Å². The van der Waals surface area contributed by atoms with Crippen molar-refractivity contribution in [3.05, 3.63) is 52.5 Å². The highest BCUT2D eigenvalue weighted by Gasteiger charge is 2.31. The van der Waals surface area contributed by atoms with E-state index in [1.165, 1.54) is 10.4 Å². The molecule has 1 aliphatic rings. The predicted molar refractivity (Wildman–Crippen MR) is 135 cm³/mol. The molecule has 0 N–H and O–H groups in total. The van der Waals surface area contributed by atoms with Gasteiger partial charge in [-0.1, -0.05) is 29.3 Å². The number of methoxy groups -OCH3 is 3. The molecule has 1 aliphatic heterocycles. The summed E-state index contributed by atoms with van der Waals surface area (Å²) in [6.45, 7) is 1.47. The van der Waals surface area contributed by atoms with E-state index >= 15 is 0 Å². The van der Waals surface area contributed by atoms with Crippen LogP contribution in [0.5, 0.6) is 17.2 Å². The molecule has 186 valence electrons. The molecule has 35 heavy (non-hydrogen) atoms. The predicted octanol–water partition coefficient (Wildman–Crippen LogP) is 3.99. The Balaban J connectivity index is 1.49. The van der Waals surface area contributed by atoms with Gasteiger partial charge in [-0.2, -0.15) is 4.31 Å². The van der Waals surface area contributed by atoms with Crippen LogP contribution in [0.15, 0.2) is 47.4 Å². The average molecular weight is 539 g/mol. The van der Waals surface area contributed by atoms with Crippen molar-refractivity contribution >= 4 is 39.0 Å². The van der Waals surface area contributed by atoms with Gasteiger partial charge in [-0.05, 0) is 36.4 Å². The molecule has 3 aromatic rings. The minimum absolute atomic E-state index is 0.00890. The molecular weight excluding hydrogens is 515 g/mol. The van der Waals surface area contributed by atoms with E-state index in [2.05, 4.69) is 10.2 Å². The van der Waals surface area contributed by atoms with Crippen LogP contribution >= 0.6 is 23.2 Å². The van der Waals surface area contributed by atoms with E-state index in [0.29, 0.717) is 41.8 Å². The number of hydrogen-bond donors (Lipinski definition) is 0. The number of nitrogens with zero attached hydrogens (tertiary/aromatic N) is 4. The number of piperazine rings is 1. The zero-order valence-corrected chi connectivity index (χ0v) is 21.7. The van der Waals surface area contributed by atoms with E-state index in [-0.39, 0.29) is 28.0 Å². The van der Waals surface area contributed by atoms with Gasteiger partial charge in [-0.25, -0.2) is 8.42 Å². The van der Waals surface area contributed by atoms with Gasteiger partial charge in [0, 0.05) is 31.7 Å². The van der Waals surface area contributed by atoms with Gasteiger partial charge in [0.15, 0.2) is 17.3 Å². The molecule has 1 aromatic heterocycles. The highest BCUT2D eigenvalue weighted by molar-refractivity contribution is 7.89. The standard InChI is InChI=1S/C23H24Cl2N4O5S/c1-32-18-13-15(14-19(33-2)23(18)34-3)17-7-8-21(27-26-17)28-9-11-29(12-10-28)35(30,31)20-6-4-5-16(24)22(20)25/h4-8,13-14H,9-12H2,1-3H3. The molecule has 0 radical (unpaired) electrons. The van der Waals surface area contributed by atoms with Crippen LogP contribution in [-0.4, -0.2) is 70.4 Å². The lowest BCUT2D eigenvalue weighted by Gasteiger charge is -2.34. The summed E-state index contributed by atoms with van der Waals surface area (Å²) in [6.07, 6.45) is 0. The Morgan fingerprint density at radius 2 is 1.51 bits per heavy atom. The van der Waals surface area contributed by atoms with Gasteiger partial charge in [-0.15, -0.1) is 10.2 Å². The van der Waals surface area contributed by atoms with Crippen molar-refractivity contribution in [2.75, 3.05) is 52.4 Å². The number of aromatic nitrogens is 2. The van der Waals surface area contributed by atoms with E-state index in [9.17, 15) is 8.42 Å². The third kappa shape index (κ3) is 4.97. The van der Waals surface area contributed by atoms with Crippen LogP contribution in [0.3, 0.4) is 0 Å². The fraction of sp³-hybridized carbons (Fsp3) is 0.304. The molecule has 0 amide bonds. The molecule has 1 saturated heterocycles. The van der Waals surface area contributed by atoms with Crippen molar-refractivity contribution in [3.63, 3.8) is 0 Å². The van der Waals surface area contributed by atoms with E-state index in [0.717, 1.165) is 5.56 Å². The number of rotatable bonds is 7. The van der Waals surface area contributed by atoms with Crippen LogP contribution in [0, 0.1) is 0 Å². The first kappa shape index (κ1) is 25.3. The van der Waals surface area contributed by atoms with Gasteiger partial charge in [0.05, 0.1) is 37.1 Å². The molecule has 0 aliphatic carbocycles. The second kappa shape index (κ2) is 10.4. The van der Waals surface area contributed by atoms with Crippen LogP contribution in [0.1, 0.15) is 0 Å². The lowest BCUT2D eigenvalue weighted by molar-refractivity contribution is 0.324. The van der Waals surface area contributed by atoms with Crippen molar-refractivity contribution in [1.29, 1.82) is 0 Å². The summed E-state index contributed by atoms with van der Waals surface area (Å²) in [5, 5.41) is 8.95. The summed E-state index contributed by atoms with van der Waals surface area (Å²) >= 11 is 12.2. The molecule has 12 heteroatoms. The van der Waals surface area contributed by atoms with E-state index in [4.69, 9.17) is 37.4 Å². The number of anilines is 1. The van der Waals surface area contributed by atoms with E-state index in [1.54, 1.807) is 45.6 Å². The summed E-state index contributed by atoms with van der Waals surface area (Å²) in [5.74, 6) is 2.18. The Kier molecular flexibility index (Phi) is 7.56. The van der Waals surface area contributed by atoms with Crippen molar-refractivity contribution in [2.45, 2.75) is 4.90 Å². The Bertz CT molecular complexity index is 1290. The maximum atomic E-state index is 13.1. The molecule has 2 aromatic carbocycles. The van der Waals surface area contributed by atoms with Crippen molar-refractivity contribution in [1.82, 2.24) is 14.5 Å². The second-order valence-corrected chi connectivity index (χ2v) is 10.3. The smallest absolute Gasteiger partial charge is 0.244 e. The molecule has 0 unspecified atom stereocenters. The van der Waals surface area contributed by atoms with E-state index < -0.39 is 10.0 Å². The van der Waals surface area contributed by atoms with Crippen LogP contribution < -0.4 is 19.1 Å². The van der Waals surface area contributed by atoms with Crippen LogP contribution in [0.25, 0.3) is 11.3 Å². The third-order valence-corrected chi connectivity index (χ3v) is 8.58. The Morgan fingerprint density at radius 3 is 2.06 bits per heavy atom. The summed E-state index contributed by atoms with van der Waals surface area (Å²) in [4.78, 5) is 1.99. The van der Waals surface area contributed by atoms with Gasteiger partial charge in [0.2, 0.25) is 15.8 Å². The number of ether oxygens (including phenoxy) is 3. The molecule has 1 fully saturated rings. The lowest BCUT2D eigenvalue weighted by atomic mass is 10.1. The summed E-state index contributed by atoms with van der Waals surface area (Å²) < 4.78 is 43.7. The fourth-order valence-corrected chi connectivity index (χ4v) is 6.01. The van der Waals surface area contributed by atoms with Crippen LogP contribution in [0.4, 0.5) is 5.82 Å². The summed E-state index contributed by atoms with van der Waals surface area (Å²) in [7, 11) is 0.886. The zero-order valence-electron chi connectivity index (χ0n) is 19.4. The topological polar surface area (TPSA) is 94.1 Å². The number of halogens is 2. The highest BCUT2D eigenvalue weighted by Crippen LogP contribution is 2.41. The zero-order chi connectivity index (χ0) is 25.2. The monoisotopic (exact) mass is 538 g/mol. The fourth-order valence-electron chi connectivity index (χ4n) is 3.86. The van der Waals surface area contributed by atoms with Crippen molar-refractivity contribution < 1.29 is 22.6 Å². The maximum absolute atomic E-state index is 13.1. The lowest BCUT2D eigenvalue weighted by Crippen LogP contribution is -2.49. The van der Waals surface area contributed by atoms with Crippen LogP contribution in [-0.2, 0) is 10.0 Å². The molecule has 9 nitrogen and oxygen atoms in total. The van der Waals surface area contributed by atoms with Crippen molar-refractivity contribution in [3.8, 4) is 28.5 Å². The van der Waals surface area contributed by atoms with Gasteiger partial charge >= 0.3 is 0 Å². The first-order valence-electron chi connectivity index (χ1n) is 10.6. The Labute approximate surface area is 214 Å². The molecule has 0 spiro atoms. The summed E-state index contributed by atoms with van der Waals surface area (Å²) in [5.41, 5.74) is 1.39. The van der Waals surface area contributed by atoms with E-state index in [1.807, 2.05) is 17.0 Å². The van der Waals surface area contributed by atoms with Gasteiger partial charge in [-0.3, -0.25) is 0 Å². The van der Waals surface area contributed by atoms with Crippen molar-refractivity contribution in [2.24, 2.45) is 0 Å². The number of sulfonamides is 1. The normalized spacial score (nSPS) is 14.6. The Morgan fingerprint density at radius 1 is 0.857 bits per heavy atom. The number of benzene rings is 2. The largest absolute Gasteiger partial charge is 0.493 e. The first-order valence-corrected chi connectivity index (χ1v) is 12.8. The van der Waals surface area contributed by atoms with Gasteiger partial charge in [0.1, 0.15) is 4.90 Å². The SMILES string of the molecule is COc1cc(-c2ccc(N3CCN(S(=O)(=O)c4cccc(Cl)c4Cl)CC3)nn2)cc(OC)c1OC. The maximum Gasteiger partial charge on any atom is 0.244 e. The average Bonchev–Trinajstić information content (AvgIpc) is 2.89. The first-order chi connectivity index (χ1) is 16.8. The Hall–Kier alpha value is -2.79. The highest BCUT2D eigenvalue weighted by atomic mass is 35.5. The minimum Gasteiger partial charge on any atom is -0.493 e. The van der Waals surface area contributed by atoms with Gasteiger partial charge < -0.3 is 19.1 Å². The molecule has 0 bridgehead atoms. The molecule has 0 saturated carbocycles. The van der Waals surface area contributed by atoms with Gasteiger partial charge in [0.25, 0.3) is 0 Å². The summed E-state index contributed by atoms with van der Waals surface area (Å²) in [6, 6.07) is 11.9. The molecular formula is C23H24Cl2N4O5S. The quantitative estimate of drug-likeness (QED) is 0.445.